The van der Waals surface area contributed by atoms with Crippen LogP contribution in [0.4, 0.5) is 48.1 Å². The number of aromatic nitrogens is 3. The molecule has 45 heavy (non-hydrogen) atoms. The number of piperazine rings is 1. The Morgan fingerprint density at radius 2 is 1.60 bits per heavy atom. The van der Waals surface area contributed by atoms with Gasteiger partial charge in [0.25, 0.3) is 11.8 Å². The van der Waals surface area contributed by atoms with Gasteiger partial charge in [-0.2, -0.15) is 13.2 Å². The van der Waals surface area contributed by atoms with Crippen molar-refractivity contribution in [2.24, 2.45) is 0 Å². The Bertz CT molecular complexity index is 1620. The first-order valence-electron chi connectivity index (χ1n) is 14.1. The highest BCUT2D eigenvalue weighted by atomic mass is 19.4. The molecule has 2 aromatic heterocycles. The highest BCUT2D eigenvalue weighted by Gasteiger charge is 2.36. The van der Waals surface area contributed by atoms with Crippen molar-refractivity contribution >= 4 is 23.2 Å². The average Bonchev–Trinajstić information content (AvgIpc) is 2.96. The smallest absolute Gasteiger partial charge is 0.367 e. The number of nitrogens with one attached hydrogen (secondary N) is 2. The molecule has 0 spiro atoms. The number of H-pyrrole nitrogens is 1. The zero-order valence-corrected chi connectivity index (χ0v) is 24.5. The van der Waals surface area contributed by atoms with Crippen molar-refractivity contribution in [3.8, 4) is 11.1 Å². The Morgan fingerprint density at radius 1 is 1.00 bits per heavy atom. The van der Waals surface area contributed by atoms with Crippen LogP contribution in [0.2, 0.25) is 0 Å². The van der Waals surface area contributed by atoms with E-state index in [9.17, 15) is 31.5 Å². The predicted octanol–water partition coefficient (Wildman–Crippen LogP) is 5.15. The third-order valence-corrected chi connectivity index (χ3v) is 8.26. The molecular weight excluding hydrogens is 611 g/mol. The molecule has 2 atom stereocenters. The first-order chi connectivity index (χ1) is 21.0. The molecule has 16 heteroatoms. The number of pyridine rings is 1. The van der Waals surface area contributed by atoms with E-state index in [-0.39, 0.29) is 48.4 Å². The molecule has 2 fully saturated rings. The van der Waals surface area contributed by atoms with E-state index in [0.717, 1.165) is 18.5 Å². The molecular formula is C29H30F7N7O2. The van der Waals surface area contributed by atoms with Gasteiger partial charge in [-0.05, 0) is 27.0 Å². The van der Waals surface area contributed by atoms with Crippen molar-refractivity contribution in [3.05, 3.63) is 63.8 Å². The molecule has 5 rings (SSSR count). The van der Waals surface area contributed by atoms with Gasteiger partial charge in [0, 0.05) is 81.2 Å². The highest BCUT2D eigenvalue weighted by molar-refractivity contribution is 6.05. The number of likely N-dealkylation sites (N-methyl/N-ethyl adjacent to an activating group) is 1. The fourth-order valence-corrected chi connectivity index (χ4v) is 5.50. The molecule has 9 nitrogen and oxygen atoms in total. The van der Waals surface area contributed by atoms with Crippen molar-refractivity contribution in [1.82, 2.24) is 19.9 Å². The fraction of sp³-hybridized carbons (Fsp3) is 0.448. The van der Waals surface area contributed by atoms with Gasteiger partial charge in [-0.3, -0.25) is 14.5 Å². The summed E-state index contributed by atoms with van der Waals surface area (Å²) in [5.74, 6) is -6.25. The van der Waals surface area contributed by atoms with Gasteiger partial charge in [-0.1, -0.05) is 0 Å². The number of anilines is 3. The molecule has 2 aliphatic heterocycles. The van der Waals surface area contributed by atoms with E-state index >= 15 is 8.78 Å². The van der Waals surface area contributed by atoms with Gasteiger partial charge < -0.3 is 20.1 Å². The Hall–Kier alpha value is -4.21. The van der Waals surface area contributed by atoms with Crippen molar-refractivity contribution in [3.63, 3.8) is 0 Å². The molecule has 3 aromatic rings. The molecule has 0 radical (unpaired) electrons. The number of benzene rings is 1. The topological polar surface area (TPSA) is 97.5 Å². The zero-order valence-electron chi connectivity index (χ0n) is 24.5. The largest absolute Gasteiger partial charge is 0.416 e. The number of hydrogen-bond acceptors (Lipinski definition) is 7. The van der Waals surface area contributed by atoms with Gasteiger partial charge in [0.1, 0.15) is 17.2 Å². The third-order valence-electron chi connectivity index (χ3n) is 8.26. The minimum atomic E-state index is -4.93. The summed E-state index contributed by atoms with van der Waals surface area (Å²) in [5.41, 5.74) is -4.72. The lowest BCUT2D eigenvalue weighted by Gasteiger charge is -2.44. The van der Waals surface area contributed by atoms with Crippen LogP contribution in [-0.4, -0.2) is 77.0 Å². The lowest BCUT2D eigenvalue weighted by Crippen LogP contribution is -2.55. The van der Waals surface area contributed by atoms with E-state index in [1.807, 2.05) is 25.9 Å². The van der Waals surface area contributed by atoms with Gasteiger partial charge in [-0.15, -0.1) is 0 Å². The lowest BCUT2D eigenvalue weighted by atomic mass is 10.0. The zero-order chi connectivity index (χ0) is 32.8. The number of nitrogens with zero attached hydrogens (tertiary/aromatic N) is 5. The molecule has 242 valence electrons. The number of carbonyl (C=O) groups is 1. The number of hydrogen-bond donors (Lipinski definition) is 2. The molecule has 0 aliphatic carbocycles. The van der Waals surface area contributed by atoms with Crippen molar-refractivity contribution in [2.45, 2.75) is 50.9 Å². The Balaban J connectivity index is 1.55. The summed E-state index contributed by atoms with van der Waals surface area (Å²) in [5, 5.41) is 2.25. The van der Waals surface area contributed by atoms with Gasteiger partial charge >= 0.3 is 6.18 Å². The van der Waals surface area contributed by atoms with Crippen LogP contribution in [0, 0.1) is 11.6 Å². The van der Waals surface area contributed by atoms with E-state index in [1.54, 1.807) is 4.90 Å². The summed E-state index contributed by atoms with van der Waals surface area (Å²) >= 11 is 0. The van der Waals surface area contributed by atoms with Crippen LogP contribution in [0.5, 0.6) is 0 Å². The number of piperidine rings is 1. The van der Waals surface area contributed by atoms with E-state index in [2.05, 4.69) is 20.2 Å². The van der Waals surface area contributed by atoms with E-state index in [4.69, 9.17) is 0 Å². The molecule has 2 N–H and O–H groups in total. The molecule has 2 saturated heterocycles. The van der Waals surface area contributed by atoms with E-state index < -0.39 is 70.5 Å². The van der Waals surface area contributed by atoms with Gasteiger partial charge in [0.15, 0.2) is 5.82 Å². The Morgan fingerprint density at radius 3 is 2.18 bits per heavy atom. The van der Waals surface area contributed by atoms with Crippen LogP contribution in [0.3, 0.4) is 0 Å². The quantitative estimate of drug-likeness (QED) is 0.373. The average molecular weight is 642 g/mol. The van der Waals surface area contributed by atoms with Crippen LogP contribution in [0.15, 0.2) is 35.4 Å². The van der Waals surface area contributed by atoms with Crippen molar-refractivity contribution < 1.29 is 35.5 Å². The van der Waals surface area contributed by atoms with Crippen LogP contribution in [0.1, 0.15) is 42.7 Å². The first kappa shape index (κ1) is 32.2. The molecule has 1 amide bonds. The highest BCUT2D eigenvalue weighted by Crippen LogP contribution is 2.40. The summed E-state index contributed by atoms with van der Waals surface area (Å²) in [6.45, 7) is 4.37. The molecule has 2 aliphatic rings. The second-order valence-corrected chi connectivity index (χ2v) is 11.4. The number of aromatic amines is 1. The minimum absolute atomic E-state index is 0.0144. The standard InChI is InChI=1S/C29H30F7N7O2/c1-15-13-43(14-16(2)41(15)3)21-10-19(30)23(17-11-37-27(38-12-17)42-6-4-28(32,33)5-7-42)24(31)25(21)40-26(45)20-8-18(29(34,35)36)9-22(44)39-20/h8-12,15-16H,4-7,13-14H2,1-3H3,(H,39,44)(H,40,45)/t15-,16+. The Labute approximate surface area is 253 Å². The molecule has 4 heterocycles. The maximum atomic E-state index is 16.4. The number of halogens is 7. The second kappa shape index (κ2) is 11.9. The summed E-state index contributed by atoms with van der Waals surface area (Å²) in [6, 6.07) is 1.57. The minimum Gasteiger partial charge on any atom is -0.367 e. The Kier molecular flexibility index (Phi) is 8.55. The summed E-state index contributed by atoms with van der Waals surface area (Å²) < 4.78 is 99.3. The normalized spacial score (nSPS) is 20.8. The van der Waals surface area contributed by atoms with Crippen LogP contribution in [0.25, 0.3) is 11.1 Å². The third kappa shape index (κ3) is 6.74. The molecule has 0 bridgehead atoms. The SMILES string of the molecule is C[C@@H]1CN(c2cc(F)c(-c3cnc(N4CCC(F)(F)CC4)nc3)c(F)c2NC(=O)c2cc(C(F)(F)F)cc(=O)[nH]2)C[C@H](C)N1C. The maximum absolute atomic E-state index is 16.4. The summed E-state index contributed by atoms with van der Waals surface area (Å²) in [6.07, 6.45) is -3.49. The fourth-order valence-electron chi connectivity index (χ4n) is 5.50. The predicted molar refractivity (Wildman–Crippen MR) is 153 cm³/mol. The molecule has 0 unspecified atom stereocenters. The monoisotopic (exact) mass is 641 g/mol. The number of amides is 1. The second-order valence-electron chi connectivity index (χ2n) is 11.4. The van der Waals surface area contributed by atoms with Crippen molar-refractivity contribution in [2.75, 3.05) is 48.3 Å². The summed E-state index contributed by atoms with van der Waals surface area (Å²) in [7, 11) is 1.89. The summed E-state index contributed by atoms with van der Waals surface area (Å²) in [4.78, 5) is 40.6. The van der Waals surface area contributed by atoms with Crippen LogP contribution < -0.4 is 20.7 Å². The number of carbonyl (C=O) groups excluding carboxylic acids is 1. The van der Waals surface area contributed by atoms with Crippen LogP contribution in [-0.2, 0) is 6.18 Å². The molecule has 1 aromatic carbocycles. The van der Waals surface area contributed by atoms with Gasteiger partial charge in [0.05, 0.1) is 16.8 Å². The van der Waals surface area contributed by atoms with E-state index in [0.29, 0.717) is 19.2 Å². The van der Waals surface area contributed by atoms with Crippen LogP contribution >= 0.6 is 0 Å². The maximum Gasteiger partial charge on any atom is 0.416 e. The van der Waals surface area contributed by atoms with Gasteiger partial charge in [-0.25, -0.2) is 27.5 Å². The number of rotatable bonds is 5. The lowest BCUT2D eigenvalue weighted by molar-refractivity contribution is -0.137. The van der Waals surface area contributed by atoms with E-state index in [1.165, 1.54) is 4.90 Å². The van der Waals surface area contributed by atoms with Crippen molar-refractivity contribution in [1.29, 1.82) is 0 Å². The molecule has 0 saturated carbocycles. The number of alkyl halides is 5. The van der Waals surface area contributed by atoms with Gasteiger partial charge in [0.2, 0.25) is 11.5 Å². The first-order valence-corrected chi connectivity index (χ1v) is 14.1.